The molecule has 34 heavy (non-hydrogen) atoms. The van der Waals surface area contributed by atoms with Crippen LogP contribution in [-0.2, 0) is 21.7 Å². The third kappa shape index (κ3) is 5.67. The molecule has 0 bridgehead atoms. The minimum atomic E-state index is -3.44. The molecule has 0 N–H and O–H groups in total. The topological polar surface area (TPSA) is 44.8 Å². The molecule has 0 saturated carbocycles. The molecular formula is C29H37O4P. The summed E-state index contributed by atoms with van der Waals surface area (Å²) in [6.45, 7) is 10.8. The third-order valence-electron chi connectivity index (χ3n) is 6.75. The van der Waals surface area contributed by atoms with Gasteiger partial charge in [0, 0.05) is 17.4 Å². The van der Waals surface area contributed by atoms with Crippen LogP contribution in [0, 0.1) is 5.92 Å². The van der Waals surface area contributed by atoms with Crippen LogP contribution >= 0.6 is 7.60 Å². The average molecular weight is 481 g/mol. The highest BCUT2D eigenvalue weighted by molar-refractivity contribution is 7.53. The Hall–Kier alpha value is -2.29. The molecule has 0 radical (unpaired) electrons. The molecule has 1 heterocycles. The molecule has 0 aromatic heterocycles. The van der Waals surface area contributed by atoms with Crippen molar-refractivity contribution in [2.45, 2.75) is 71.4 Å². The van der Waals surface area contributed by atoms with Gasteiger partial charge < -0.3 is 9.26 Å². The van der Waals surface area contributed by atoms with Crippen LogP contribution in [-0.4, -0.2) is 6.61 Å². The summed E-state index contributed by atoms with van der Waals surface area (Å²) in [6.07, 6.45) is 8.92. The normalized spacial score (nSPS) is 21.0. The van der Waals surface area contributed by atoms with Gasteiger partial charge in [0.05, 0.1) is 12.8 Å². The Balaban J connectivity index is 1.77. The highest BCUT2D eigenvalue weighted by Crippen LogP contribution is 2.57. The molecule has 0 fully saturated rings. The predicted octanol–water partition coefficient (Wildman–Crippen LogP) is 8.57. The van der Waals surface area contributed by atoms with Gasteiger partial charge >= 0.3 is 7.60 Å². The summed E-state index contributed by atoms with van der Waals surface area (Å²) in [5.74, 6) is 2.53. The maximum absolute atomic E-state index is 14.0. The lowest BCUT2D eigenvalue weighted by Gasteiger charge is -2.38. The fourth-order valence-electron chi connectivity index (χ4n) is 5.06. The monoisotopic (exact) mass is 480 g/mol. The first-order valence-corrected chi connectivity index (χ1v) is 14.3. The molecular weight excluding hydrogens is 443 g/mol. The van der Waals surface area contributed by atoms with Crippen molar-refractivity contribution in [1.82, 2.24) is 0 Å². The molecule has 5 heteroatoms. The molecule has 3 atom stereocenters. The Morgan fingerprint density at radius 2 is 1.91 bits per heavy atom. The maximum Gasteiger partial charge on any atom is 0.383 e. The van der Waals surface area contributed by atoms with Crippen LogP contribution in [0.4, 0.5) is 0 Å². The number of fused-ring (bicyclic) bond motifs is 3. The summed E-state index contributed by atoms with van der Waals surface area (Å²) >= 11 is 0. The quantitative estimate of drug-likeness (QED) is 0.194. The van der Waals surface area contributed by atoms with Gasteiger partial charge in [-0.2, -0.15) is 0 Å². The molecule has 2 aliphatic rings. The molecule has 4 nitrogen and oxygen atoms in total. The number of rotatable bonds is 10. The molecule has 0 saturated heterocycles. The van der Waals surface area contributed by atoms with Gasteiger partial charge in [-0.25, -0.2) is 4.57 Å². The summed E-state index contributed by atoms with van der Waals surface area (Å²) in [5.41, 5.74) is 4.40. The van der Waals surface area contributed by atoms with Crippen LogP contribution in [0.25, 0.3) is 0 Å². The molecule has 4 rings (SSSR count). The highest BCUT2D eigenvalue weighted by atomic mass is 31.2. The molecule has 3 unspecified atom stereocenters. The second-order valence-corrected chi connectivity index (χ2v) is 11.5. The largest absolute Gasteiger partial charge is 0.462 e. The van der Waals surface area contributed by atoms with Gasteiger partial charge in [0.2, 0.25) is 0 Å². The standard InChI is InChI=1S/C29H37O4P/c1-5-7-9-14-24-18-27-29(26-17-21(3)15-16-25(26)22(4)32-27)28(19-24)33-34(30,31-6-2)20-23-12-10-8-11-13-23/h8,10-13,17-19,25-26H,4-7,9,14-16,20H2,1-3H3. The zero-order valence-corrected chi connectivity index (χ0v) is 21.6. The molecule has 0 amide bonds. The van der Waals surface area contributed by atoms with Crippen molar-refractivity contribution in [3.05, 3.63) is 83.1 Å². The van der Waals surface area contributed by atoms with Crippen LogP contribution in [0.2, 0.25) is 0 Å². The van der Waals surface area contributed by atoms with E-state index in [1.165, 1.54) is 12.0 Å². The van der Waals surface area contributed by atoms with E-state index in [1.54, 1.807) is 0 Å². The molecule has 182 valence electrons. The summed E-state index contributed by atoms with van der Waals surface area (Å²) < 4.78 is 32.5. The number of allylic oxidation sites excluding steroid dienone is 3. The summed E-state index contributed by atoms with van der Waals surface area (Å²) in [6, 6.07) is 14.0. The first kappa shape index (κ1) is 24.8. The lowest BCUT2D eigenvalue weighted by atomic mass is 9.74. The lowest BCUT2D eigenvalue weighted by Crippen LogP contribution is -2.26. The molecule has 1 aliphatic carbocycles. The van der Waals surface area contributed by atoms with Gasteiger partial charge in [0.25, 0.3) is 0 Å². The van der Waals surface area contributed by atoms with E-state index in [1.807, 2.05) is 37.3 Å². The van der Waals surface area contributed by atoms with Crippen LogP contribution in [0.3, 0.4) is 0 Å². The Kier molecular flexibility index (Phi) is 8.01. The second kappa shape index (κ2) is 11.0. The van der Waals surface area contributed by atoms with E-state index in [9.17, 15) is 4.57 Å². The van der Waals surface area contributed by atoms with E-state index in [-0.39, 0.29) is 18.0 Å². The van der Waals surface area contributed by atoms with Crippen molar-refractivity contribution >= 4 is 7.60 Å². The number of hydrogen-bond donors (Lipinski definition) is 0. The van der Waals surface area contributed by atoms with Crippen LogP contribution < -0.4 is 9.26 Å². The zero-order chi connectivity index (χ0) is 24.1. The van der Waals surface area contributed by atoms with Crippen LogP contribution in [0.1, 0.15) is 75.5 Å². The fourth-order valence-corrected chi connectivity index (χ4v) is 6.77. The van der Waals surface area contributed by atoms with Crippen LogP contribution in [0.5, 0.6) is 11.5 Å². The molecule has 2 aromatic carbocycles. The SMILES string of the molecule is C=C1Oc2cc(CCCCC)cc(OP(=O)(Cc3ccccc3)OCC)c2C2C=C(C)CCC12. The van der Waals surface area contributed by atoms with E-state index < -0.39 is 7.60 Å². The van der Waals surface area contributed by atoms with Gasteiger partial charge in [0.15, 0.2) is 0 Å². The Morgan fingerprint density at radius 1 is 1.12 bits per heavy atom. The number of ether oxygens (including phenoxy) is 1. The molecule has 1 aliphatic heterocycles. The van der Waals surface area contributed by atoms with Crippen molar-refractivity contribution in [1.29, 1.82) is 0 Å². The van der Waals surface area contributed by atoms with Gasteiger partial charge in [-0.1, -0.05) is 68.3 Å². The first-order chi connectivity index (χ1) is 16.4. The van der Waals surface area contributed by atoms with Crippen molar-refractivity contribution < 1.29 is 18.3 Å². The smallest absolute Gasteiger partial charge is 0.383 e. The Bertz CT molecular complexity index is 1090. The predicted molar refractivity (Wildman–Crippen MR) is 139 cm³/mol. The minimum absolute atomic E-state index is 0.108. The van der Waals surface area contributed by atoms with Gasteiger partial charge in [-0.3, -0.25) is 4.52 Å². The van der Waals surface area contributed by atoms with Gasteiger partial charge in [-0.15, -0.1) is 0 Å². The molecule has 2 aromatic rings. The zero-order valence-electron chi connectivity index (χ0n) is 20.7. The Morgan fingerprint density at radius 3 is 2.65 bits per heavy atom. The van der Waals surface area contributed by atoms with Crippen molar-refractivity contribution in [3.8, 4) is 11.5 Å². The van der Waals surface area contributed by atoms with E-state index in [4.69, 9.17) is 13.8 Å². The average Bonchev–Trinajstić information content (AvgIpc) is 2.79. The summed E-state index contributed by atoms with van der Waals surface area (Å²) in [5, 5.41) is 0. The van der Waals surface area contributed by atoms with Crippen LogP contribution in [0.15, 0.2) is 66.5 Å². The van der Waals surface area contributed by atoms with E-state index in [0.29, 0.717) is 12.4 Å². The maximum atomic E-state index is 14.0. The second-order valence-electron chi connectivity index (χ2n) is 9.48. The van der Waals surface area contributed by atoms with Gasteiger partial charge in [0.1, 0.15) is 17.3 Å². The van der Waals surface area contributed by atoms with Crippen molar-refractivity contribution in [3.63, 3.8) is 0 Å². The lowest BCUT2D eigenvalue weighted by molar-refractivity contribution is 0.263. The van der Waals surface area contributed by atoms with Crippen molar-refractivity contribution in [2.24, 2.45) is 5.92 Å². The van der Waals surface area contributed by atoms with E-state index in [0.717, 1.165) is 60.3 Å². The number of unbranched alkanes of at least 4 members (excludes halogenated alkanes) is 2. The van der Waals surface area contributed by atoms with E-state index in [2.05, 4.69) is 38.6 Å². The third-order valence-corrected chi connectivity index (χ3v) is 8.63. The Labute approximate surface area is 204 Å². The summed E-state index contributed by atoms with van der Waals surface area (Å²) in [4.78, 5) is 0. The fraction of sp³-hybridized carbons (Fsp3) is 0.448. The first-order valence-electron chi connectivity index (χ1n) is 12.6. The molecule has 0 spiro atoms. The number of aryl methyl sites for hydroxylation is 1. The minimum Gasteiger partial charge on any atom is -0.462 e. The summed E-state index contributed by atoms with van der Waals surface area (Å²) in [7, 11) is -3.44. The highest BCUT2D eigenvalue weighted by Gasteiger charge is 2.39. The van der Waals surface area contributed by atoms with Gasteiger partial charge in [-0.05, 0) is 62.8 Å². The number of hydrogen-bond acceptors (Lipinski definition) is 4. The van der Waals surface area contributed by atoms with E-state index >= 15 is 0 Å². The number of benzene rings is 2. The van der Waals surface area contributed by atoms with Crippen molar-refractivity contribution in [2.75, 3.05) is 6.61 Å².